The third-order valence-corrected chi connectivity index (χ3v) is 7.24. The van der Waals surface area contributed by atoms with Crippen LogP contribution in [-0.2, 0) is 35.2 Å². The van der Waals surface area contributed by atoms with Gasteiger partial charge in [-0.1, -0.05) is 72.8 Å². The van der Waals surface area contributed by atoms with E-state index in [2.05, 4.69) is 10.6 Å². The van der Waals surface area contributed by atoms with E-state index >= 15 is 0 Å². The number of carbonyl (C=O) groups is 2. The summed E-state index contributed by atoms with van der Waals surface area (Å²) >= 11 is 0. The molecule has 0 saturated heterocycles. The number of fused-ring (bicyclic) bond motifs is 1. The summed E-state index contributed by atoms with van der Waals surface area (Å²) in [5.41, 5.74) is 4.27. The molecule has 0 radical (unpaired) electrons. The lowest BCUT2D eigenvalue weighted by atomic mass is 9.93. The summed E-state index contributed by atoms with van der Waals surface area (Å²) in [5.74, 6) is -1.16. The Labute approximate surface area is 241 Å². The highest BCUT2D eigenvalue weighted by molar-refractivity contribution is 5.88. The molecule has 4 aromatic rings. The Kier molecular flexibility index (Phi) is 8.59. The zero-order valence-electron chi connectivity index (χ0n) is 22.5. The lowest BCUT2D eigenvalue weighted by molar-refractivity contribution is -0.142. The number of amides is 1. The second-order valence-electron chi connectivity index (χ2n) is 10.1. The second-order valence-corrected chi connectivity index (χ2v) is 10.1. The van der Waals surface area contributed by atoms with Gasteiger partial charge in [0.25, 0.3) is 0 Å². The molecule has 4 aromatic carbocycles. The normalized spacial score (nSPS) is 15.4. The Morgan fingerprint density at radius 1 is 0.905 bits per heavy atom. The summed E-state index contributed by atoms with van der Waals surface area (Å²) in [6.07, 6.45) is -3.62. The zero-order valence-corrected chi connectivity index (χ0v) is 22.5. The van der Waals surface area contributed by atoms with Crippen LogP contribution in [0.5, 0.6) is 5.75 Å². The number of nitrogens with one attached hydrogen (secondary N) is 2. The topological polar surface area (TPSA) is 87.7 Å². The quantitative estimate of drug-likeness (QED) is 0.230. The average molecular weight is 575 g/mol. The molecule has 0 fully saturated rings. The Bertz CT molecular complexity index is 1540. The summed E-state index contributed by atoms with van der Waals surface area (Å²) < 4.78 is 44.3. The predicted octanol–water partition coefficient (Wildman–Crippen LogP) is 5.95. The van der Waals surface area contributed by atoms with Crippen LogP contribution >= 0.6 is 0 Å². The van der Waals surface area contributed by atoms with E-state index in [0.717, 1.165) is 34.4 Å². The number of ether oxygens (including phenoxy) is 1. The predicted molar refractivity (Wildman–Crippen MR) is 152 cm³/mol. The standard InChI is InChI=1S/C33H29F3N2O4/c34-33(35,36)26-13-8-22(9-14-26)20-42-27-15-12-25-16-17-37-30(28(25)19-27)31(39)38-29(32(40)41)18-21-6-10-24(11-7-21)23-4-2-1-3-5-23/h1-15,19,29-30,37H,16-18,20H2,(H,38,39)(H,40,41)/t29-,30?/m0/s1. The number of aliphatic carboxylic acids is 1. The molecule has 3 N–H and O–H groups in total. The molecule has 9 heteroatoms. The number of carboxylic acid groups (broad SMARTS) is 1. The van der Waals surface area contributed by atoms with E-state index in [0.29, 0.717) is 29.8 Å². The number of alkyl halides is 3. The van der Waals surface area contributed by atoms with Gasteiger partial charge in [-0.3, -0.25) is 4.79 Å². The highest BCUT2D eigenvalue weighted by Crippen LogP contribution is 2.30. The molecular formula is C33H29F3N2O4. The van der Waals surface area contributed by atoms with E-state index in [9.17, 15) is 27.9 Å². The monoisotopic (exact) mass is 574 g/mol. The zero-order chi connectivity index (χ0) is 29.7. The molecular weight excluding hydrogens is 545 g/mol. The molecule has 1 aliphatic heterocycles. The average Bonchev–Trinajstić information content (AvgIpc) is 2.99. The third-order valence-electron chi connectivity index (χ3n) is 7.24. The number of carbonyl (C=O) groups excluding carboxylic acids is 1. The smallest absolute Gasteiger partial charge is 0.416 e. The molecule has 1 amide bonds. The maximum atomic E-state index is 13.3. The van der Waals surface area contributed by atoms with Gasteiger partial charge in [0.2, 0.25) is 5.91 Å². The number of halogens is 3. The van der Waals surface area contributed by atoms with Crippen molar-refractivity contribution >= 4 is 11.9 Å². The second kappa shape index (κ2) is 12.5. The highest BCUT2D eigenvalue weighted by Gasteiger charge is 2.31. The first kappa shape index (κ1) is 28.9. The summed E-state index contributed by atoms with van der Waals surface area (Å²) in [6.45, 7) is 0.584. The van der Waals surface area contributed by atoms with Gasteiger partial charge in [0.05, 0.1) is 5.56 Å². The van der Waals surface area contributed by atoms with Gasteiger partial charge in [-0.15, -0.1) is 0 Å². The fraction of sp³-hybridized carbons (Fsp3) is 0.212. The largest absolute Gasteiger partial charge is 0.489 e. The number of carboxylic acids is 1. The molecule has 6 nitrogen and oxygen atoms in total. The molecule has 5 rings (SSSR count). The van der Waals surface area contributed by atoms with Crippen LogP contribution in [0.15, 0.2) is 97.1 Å². The van der Waals surface area contributed by atoms with Crippen molar-refractivity contribution < 1.29 is 32.6 Å². The van der Waals surface area contributed by atoms with Crippen molar-refractivity contribution in [3.05, 3.63) is 125 Å². The van der Waals surface area contributed by atoms with Crippen LogP contribution < -0.4 is 15.4 Å². The first-order valence-electron chi connectivity index (χ1n) is 13.5. The van der Waals surface area contributed by atoms with Crippen LogP contribution in [-0.4, -0.2) is 29.6 Å². The summed E-state index contributed by atoms with van der Waals surface area (Å²) in [7, 11) is 0. The van der Waals surface area contributed by atoms with Crippen LogP contribution in [0, 0.1) is 0 Å². The van der Waals surface area contributed by atoms with Gasteiger partial charge in [0.1, 0.15) is 24.4 Å². The minimum Gasteiger partial charge on any atom is -0.489 e. The van der Waals surface area contributed by atoms with Crippen LogP contribution in [0.3, 0.4) is 0 Å². The maximum absolute atomic E-state index is 13.3. The Morgan fingerprint density at radius 3 is 2.24 bits per heavy atom. The first-order chi connectivity index (χ1) is 20.2. The van der Waals surface area contributed by atoms with Gasteiger partial charge in [0, 0.05) is 13.0 Å². The van der Waals surface area contributed by atoms with Crippen molar-refractivity contribution in [2.75, 3.05) is 6.54 Å². The first-order valence-corrected chi connectivity index (χ1v) is 13.5. The van der Waals surface area contributed by atoms with E-state index < -0.39 is 35.7 Å². The van der Waals surface area contributed by atoms with E-state index in [1.807, 2.05) is 60.7 Å². The fourth-order valence-corrected chi connectivity index (χ4v) is 4.97. The van der Waals surface area contributed by atoms with Crippen LogP contribution in [0.4, 0.5) is 13.2 Å². The van der Waals surface area contributed by atoms with Crippen LogP contribution in [0.25, 0.3) is 11.1 Å². The van der Waals surface area contributed by atoms with Gasteiger partial charge < -0.3 is 20.5 Å². The molecule has 1 heterocycles. The van der Waals surface area contributed by atoms with Gasteiger partial charge in [-0.05, 0) is 64.1 Å². The molecule has 0 aliphatic carbocycles. The summed E-state index contributed by atoms with van der Waals surface area (Å²) in [5, 5.41) is 15.7. The molecule has 0 saturated carbocycles. The van der Waals surface area contributed by atoms with E-state index in [1.165, 1.54) is 12.1 Å². The van der Waals surface area contributed by atoms with Crippen LogP contribution in [0.1, 0.15) is 33.9 Å². The van der Waals surface area contributed by atoms with Crippen molar-refractivity contribution in [2.24, 2.45) is 0 Å². The van der Waals surface area contributed by atoms with Crippen molar-refractivity contribution in [1.82, 2.24) is 10.6 Å². The summed E-state index contributed by atoms with van der Waals surface area (Å²) in [4.78, 5) is 25.4. The Hall–Kier alpha value is -4.63. The lowest BCUT2D eigenvalue weighted by Gasteiger charge is -2.28. The van der Waals surface area contributed by atoms with Crippen molar-refractivity contribution in [1.29, 1.82) is 0 Å². The maximum Gasteiger partial charge on any atom is 0.416 e. The minimum absolute atomic E-state index is 0.0470. The SMILES string of the molecule is O=C(N[C@@H](Cc1ccc(-c2ccccc2)cc1)C(=O)O)C1NCCc2ccc(OCc3ccc(C(F)(F)F)cc3)cc21. The summed E-state index contributed by atoms with van der Waals surface area (Å²) in [6, 6.07) is 25.5. The molecule has 42 heavy (non-hydrogen) atoms. The van der Waals surface area contributed by atoms with Crippen molar-refractivity contribution in [2.45, 2.75) is 37.7 Å². The Morgan fingerprint density at radius 2 is 1.57 bits per heavy atom. The molecule has 1 aliphatic rings. The number of benzene rings is 4. The highest BCUT2D eigenvalue weighted by atomic mass is 19.4. The van der Waals surface area contributed by atoms with Gasteiger partial charge in [0.15, 0.2) is 0 Å². The molecule has 0 spiro atoms. The van der Waals surface area contributed by atoms with Gasteiger partial charge in [-0.2, -0.15) is 13.2 Å². The molecule has 1 unspecified atom stereocenters. The van der Waals surface area contributed by atoms with E-state index in [-0.39, 0.29) is 13.0 Å². The van der Waals surface area contributed by atoms with E-state index in [1.54, 1.807) is 12.1 Å². The molecule has 0 bridgehead atoms. The molecule has 0 aromatic heterocycles. The van der Waals surface area contributed by atoms with Crippen molar-refractivity contribution in [3.8, 4) is 16.9 Å². The minimum atomic E-state index is -4.41. The number of hydrogen-bond acceptors (Lipinski definition) is 4. The number of hydrogen-bond donors (Lipinski definition) is 3. The third kappa shape index (κ3) is 6.98. The van der Waals surface area contributed by atoms with E-state index in [4.69, 9.17) is 4.74 Å². The van der Waals surface area contributed by atoms with Crippen LogP contribution in [0.2, 0.25) is 0 Å². The Balaban J connectivity index is 1.25. The molecule has 216 valence electrons. The van der Waals surface area contributed by atoms with Gasteiger partial charge >= 0.3 is 12.1 Å². The molecule has 2 atom stereocenters. The number of rotatable bonds is 9. The fourth-order valence-electron chi connectivity index (χ4n) is 4.97. The van der Waals surface area contributed by atoms with Crippen molar-refractivity contribution in [3.63, 3.8) is 0 Å². The lowest BCUT2D eigenvalue weighted by Crippen LogP contribution is -2.48. The van der Waals surface area contributed by atoms with Gasteiger partial charge in [-0.25, -0.2) is 4.79 Å².